The lowest BCUT2D eigenvalue weighted by molar-refractivity contribution is 0.0678. The van der Waals surface area contributed by atoms with Crippen LogP contribution >= 0.6 is 0 Å². The highest BCUT2D eigenvalue weighted by atomic mass is 16.3. The summed E-state index contributed by atoms with van der Waals surface area (Å²) in [4.78, 5) is 14.0. The zero-order chi connectivity index (χ0) is 13.3. The van der Waals surface area contributed by atoms with Gasteiger partial charge in [0.25, 0.3) is 5.91 Å². The molecule has 1 aliphatic rings. The number of aliphatic hydroxyl groups excluding tert-OH is 1. The van der Waals surface area contributed by atoms with Crippen LogP contribution in [-0.2, 0) is 0 Å². The number of nitrogens with two attached hydrogens (primary N) is 1. The van der Waals surface area contributed by atoms with Crippen LogP contribution in [0, 0.1) is 6.92 Å². The Bertz CT molecular complexity index is 474. The number of rotatable bonds is 2. The summed E-state index contributed by atoms with van der Waals surface area (Å²) in [6.07, 6.45) is 1.72. The minimum atomic E-state index is -0.174. The maximum Gasteiger partial charge on any atom is 0.256 e. The molecule has 1 heterocycles. The number of carbonyl (C=O) groups excluding carboxylic acids is 1. The molecule has 1 aromatic carbocycles. The van der Waals surface area contributed by atoms with Gasteiger partial charge >= 0.3 is 0 Å². The van der Waals surface area contributed by atoms with Crippen LogP contribution < -0.4 is 5.73 Å². The van der Waals surface area contributed by atoms with Crippen LogP contribution in [0.4, 0.5) is 5.69 Å². The number of nitrogen functional groups attached to an aromatic ring is 1. The molecular weight excluding hydrogens is 232 g/mol. The third-order valence-electron chi connectivity index (χ3n) is 3.45. The van der Waals surface area contributed by atoms with E-state index in [0.717, 1.165) is 12.8 Å². The summed E-state index contributed by atoms with van der Waals surface area (Å²) >= 11 is 0. The molecule has 0 spiro atoms. The van der Waals surface area contributed by atoms with E-state index in [9.17, 15) is 15.0 Å². The van der Waals surface area contributed by atoms with Crippen molar-refractivity contribution >= 4 is 11.6 Å². The lowest BCUT2D eigenvalue weighted by Gasteiger charge is -2.24. The number of nitrogens with zero attached hydrogens (tertiary/aromatic N) is 1. The van der Waals surface area contributed by atoms with Gasteiger partial charge in [-0.3, -0.25) is 4.79 Å². The minimum Gasteiger partial charge on any atom is -0.508 e. The molecule has 0 aromatic heterocycles. The molecule has 98 valence electrons. The molecule has 5 nitrogen and oxygen atoms in total. The van der Waals surface area contributed by atoms with E-state index in [0.29, 0.717) is 17.7 Å². The van der Waals surface area contributed by atoms with Crippen molar-refractivity contribution in [2.75, 3.05) is 18.9 Å². The number of aromatic hydroxyl groups is 1. The summed E-state index contributed by atoms with van der Waals surface area (Å²) in [5.41, 5.74) is 7.06. The summed E-state index contributed by atoms with van der Waals surface area (Å²) < 4.78 is 0. The number of likely N-dealkylation sites (tertiary alicyclic amines) is 1. The highest BCUT2D eigenvalue weighted by Gasteiger charge is 2.29. The zero-order valence-corrected chi connectivity index (χ0v) is 10.4. The fourth-order valence-electron chi connectivity index (χ4n) is 2.35. The first kappa shape index (κ1) is 12.7. The Morgan fingerprint density at radius 1 is 1.56 bits per heavy atom. The van der Waals surface area contributed by atoms with E-state index in [4.69, 9.17) is 5.73 Å². The zero-order valence-electron chi connectivity index (χ0n) is 10.4. The molecule has 0 radical (unpaired) electrons. The molecule has 1 amide bonds. The largest absolute Gasteiger partial charge is 0.508 e. The average Bonchev–Trinajstić information content (AvgIpc) is 2.81. The predicted octanol–water partition coefficient (Wildman–Crippen LogP) is 0.880. The van der Waals surface area contributed by atoms with Crippen LogP contribution in [0.2, 0.25) is 0 Å². The maximum atomic E-state index is 12.4. The van der Waals surface area contributed by atoms with E-state index in [1.807, 2.05) is 0 Å². The van der Waals surface area contributed by atoms with E-state index in [-0.39, 0.29) is 30.0 Å². The van der Waals surface area contributed by atoms with Gasteiger partial charge in [-0.05, 0) is 31.4 Å². The molecule has 1 atom stereocenters. The first-order valence-corrected chi connectivity index (χ1v) is 6.05. The van der Waals surface area contributed by atoms with Crippen molar-refractivity contribution in [1.82, 2.24) is 4.90 Å². The van der Waals surface area contributed by atoms with Crippen LogP contribution in [0.15, 0.2) is 12.1 Å². The van der Waals surface area contributed by atoms with Gasteiger partial charge in [0.05, 0.1) is 18.2 Å². The molecular formula is C13H18N2O3. The quantitative estimate of drug-likeness (QED) is 0.680. The third kappa shape index (κ3) is 2.13. The molecule has 2 rings (SSSR count). The van der Waals surface area contributed by atoms with Gasteiger partial charge in [-0.1, -0.05) is 0 Å². The number of carbonyl (C=O) groups is 1. The van der Waals surface area contributed by atoms with E-state index < -0.39 is 0 Å². The van der Waals surface area contributed by atoms with E-state index in [2.05, 4.69) is 0 Å². The Kier molecular flexibility index (Phi) is 3.43. The Labute approximate surface area is 106 Å². The number of anilines is 1. The molecule has 0 aliphatic carbocycles. The number of aliphatic hydroxyl groups is 1. The lowest BCUT2D eigenvalue weighted by Crippen LogP contribution is -2.38. The highest BCUT2D eigenvalue weighted by molar-refractivity contribution is 6.00. The summed E-state index contributed by atoms with van der Waals surface area (Å²) in [6, 6.07) is 2.87. The molecule has 4 N–H and O–H groups in total. The number of phenolic OH excluding ortho intramolecular Hbond substituents is 1. The first-order valence-electron chi connectivity index (χ1n) is 6.05. The van der Waals surface area contributed by atoms with Gasteiger partial charge in [0.1, 0.15) is 5.75 Å². The van der Waals surface area contributed by atoms with Gasteiger partial charge in [-0.2, -0.15) is 0 Å². The van der Waals surface area contributed by atoms with E-state index >= 15 is 0 Å². The Morgan fingerprint density at radius 3 is 2.94 bits per heavy atom. The van der Waals surface area contributed by atoms with Crippen LogP contribution in [0.25, 0.3) is 0 Å². The van der Waals surface area contributed by atoms with Crippen molar-refractivity contribution in [2.24, 2.45) is 0 Å². The molecule has 0 bridgehead atoms. The van der Waals surface area contributed by atoms with Crippen LogP contribution in [0.5, 0.6) is 5.75 Å². The normalized spacial score (nSPS) is 19.2. The molecule has 0 unspecified atom stereocenters. The van der Waals surface area contributed by atoms with Crippen LogP contribution in [-0.4, -0.2) is 40.2 Å². The minimum absolute atomic E-state index is 0.0251. The Balaban J connectivity index is 2.31. The second-order valence-electron chi connectivity index (χ2n) is 4.70. The second kappa shape index (κ2) is 4.86. The van der Waals surface area contributed by atoms with Crippen molar-refractivity contribution in [2.45, 2.75) is 25.8 Å². The van der Waals surface area contributed by atoms with Crippen LogP contribution in [0.3, 0.4) is 0 Å². The monoisotopic (exact) mass is 250 g/mol. The molecule has 18 heavy (non-hydrogen) atoms. The van der Waals surface area contributed by atoms with Gasteiger partial charge in [0.2, 0.25) is 0 Å². The summed E-state index contributed by atoms with van der Waals surface area (Å²) in [5, 5.41) is 18.8. The molecule has 0 saturated carbocycles. The average molecular weight is 250 g/mol. The van der Waals surface area contributed by atoms with Gasteiger partial charge in [0.15, 0.2) is 0 Å². The Hall–Kier alpha value is -1.75. The second-order valence-corrected chi connectivity index (χ2v) is 4.70. The van der Waals surface area contributed by atoms with Crippen molar-refractivity contribution < 1.29 is 15.0 Å². The summed E-state index contributed by atoms with van der Waals surface area (Å²) in [7, 11) is 0. The molecule has 1 saturated heterocycles. The number of amides is 1. The standard InChI is InChI=1S/C13H18N2O3/c1-8-5-10(11(14)6-12(8)17)13(18)15-4-2-3-9(15)7-16/h5-6,9,16-17H,2-4,7,14H2,1H3/t9-/m0/s1. The smallest absolute Gasteiger partial charge is 0.256 e. The van der Waals surface area contributed by atoms with Crippen molar-refractivity contribution in [3.05, 3.63) is 23.3 Å². The Morgan fingerprint density at radius 2 is 2.28 bits per heavy atom. The number of aryl methyl sites for hydroxylation is 1. The molecule has 5 heteroatoms. The third-order valence-corrected chi connectivity index (χ3v) is 3.45. The summed E-state index contributed by atoms with van der Waals surface area (Å²) in [6.45, 7) is 2.34. The van der Waals surface area contributed by atoms with Gasteiger partial charge in [0, 0.05) is 18.3 Å². The SMILES string of the molecule is Cc1cc(C(=O)N2CCC[C@H]2CO)c(N)cc1O. The maximum absolute atomic E-state index is 12.4. The van der Waals surface area contributed by atoms with Crippen LogP contribution in [0.1, 0.15) is 28.8 Å². The van der Waals surface area contributed by atoms with Crippen molar-refractivity contribution in [3.8, 4) is 5.75 Å². The molecule has 1 aliphatic heterocycles. The van der Waals surface area contributed by atoms with Gasteiger partial charge in [-0.25, -0.2) is 0 Å². The highest BCUT2D eigenvalue weighted by Crippen LogP contribution is 2.27. The number of phenols is 1. The van der Waals surface area contributed by atoms with E-state index in [1.54, 1.807) is 17.9 Å². The fourth-order valence-corrected chi connectivity index (χ4v) is 2.35. The lowest BCUT2D eigenvalue weighted by atomic mass is 10.1. The van der Waals surface area contributed by atoms with Gasteiger partial charge < -0.3 is 20.8 Å². The van der Waals surface area contributed by atoms with Crippen molar-refractivity contribution in [3.63, 3.8) is 0 Å². The number of benzene rings is 1. The molecule has 1 fully saturated rings. The van der Waals surface area contributed by atoms with Gasteiger partial charge in [-0.15, -0.1) is 0 Å². The van der Waals surface area contributed by atoms with E-state index in [1.165, 1.54) is 6.07 Å². The molecule has 1 aromatic rings. The number of hydrogen-bond acceptors (Lipinski definition) is 4. The topological polar surface area (TPSA) is 86.8 Å². The van der Waals surface area contributed by atoms with Crippen molar-refractivity contribution in [1.29, 1.82) is 0 Å². The predicted molar refractivity (Wildman–Crippen MR) is 68.4 cm³/mol. The number of hydrogen-bond donors (Lipinski definition) is 3. The first-order chi connectivity index (χ1) is 8.54. The summed E-state index contributed by atoms with van der Waals surface area (Å²) in [5.74, 6) is -0.0867. The fraction of sp³-hybridized carbons (Fsp3) is 0.462.